The van der Waals surface area contributed by atoms with Gasteiger partial charge in [-0.25, -0.2) is 0 Å². The zero-order valence-electron chi connectivity index (χ0n) is 8.02. The van der Waals surface area contributed by atoms with Gasteiger partial charge in [0.25, 0.3) is 0 Å². The minimum absolute atomic E-state index is 0.576. The standard InChI is InChI=1S/C11H14S2Se/c1-3-7-12-11(13-8-4-2)10-6-5-9-14-10/h3-6,9,11H,1-2,7-8H2. The summed E-state index contributed by atoms with van der Waals surface area (Å²) < 4.78 is 2.18. The molecule has 0 radical (unpaired) electrons. The van der Waals surface area contributed by atoms with Gasteiger partial charge in [-0.05, 0) is 0 Å². The maximum absolute atomic E-state index is 3.76. The van der Waals surface area contributed by atoms with Crippen LogP contribution in [-0.2, 0) is 0 Å². The van der Waals surface area contributed by atoms with Gasteiger partial charge in [0.2, 0.25) is 0 Å². The molecule has 3 heteroatoms. The third-order valence-electron chi connectivity index (χ3n) is 1.51. The van der Waals surface area contributed by atoms with Crippen LogP contribution in [0.4, 0.5) is 0 Å². The molecule has 0 saturated carbocycles. The van der Waals surface area contributed by atoms with Crippen molar-refractivity contribution in [1.82, 2.24) is 0 Å². The summed E-state index contributed by atoms with van der Waals surface area (Å²) in [5, 5.41) is 0. The molecule has 0 fully saturated rings. The first-order chi connectivity index (χ1) is 6.88. The Morgan fingerprint density at radius 3 is 2.36 bits per heavy atom. The fourth-order valence-corrected chi connectivity index (χ4v) is 5.57. The first-order valence-corrected chi connectivity index (χ1v) is 8.31. The van der Waals surface area contributed by atoms with Gasteiger partial charge in [-0.2, -0.15) is 0 Å². The van der Waals surface area contributed by atoms with E-state index in [9.17, 15) is 0 Å². The van der Waals surface area contributed by atoms with Crippen molar-refractivity contribution in [1.29, 1.82) is 0 Å². The van der Waals surface area contributed by atoms with Gasteiger partial charge in [0.05, 0.1) is 0 Å². The molecule has 0 aliphatic carbocycles. The predicted molar refractivity (Wildman–Crippen MR) is 71.4 cm³/mol. The molecule has 0 bridgehead atoms. The van der Waals surface area contributed by atoms with Crippen LogP contribution < -0.4 is 0 Å². The Labute approximate surface area is 101 Å². The van der Waals surface area contributed by atoms with Crippen LogP contribution in [0, 0.1) is 0 Å². The Kier molecular flexibility index (Phi) is 6.53. The van der Waals surface area contributed by atoms with Crippen LogP contribution in [0.1, 0.15) is 9.02 Å². The van der Waals surface area contributed by atoms with Crippen LogP contribution in [0.3, 0.4) is 0 Å². The number of rotatable bonds is 7. The van der Waals surface area contributed by atoms with E-state index in [0.29, 0.717) is 19.1 Å². The third kappa shape index (κ3) is 4.14. The molecular weight excluding hydrogens is 275 g/mol. The topological polar surface area (TPSA) is 0 Å². The Bertz CT molecular complexity index is 255. The summed E-state index contributed by atoms with van der Waals surface area (Å²) in [7, 11) is 0. The van der Waals surface area contributed by atoms with E-state index in [2.05, 4.69) is 30.2 Å². The second-order valence-electron chi connectivity index (χ2n) is 2.59. The molecule has 1 rings (SSSR count). The normalized spacial score (nSPS) is 10.4. The number of hydrogen-bond acceptors (Lipinski definition) is 2. The third-order valence-corrected chi connectivity index (χ3v) is 6.93. The summed E-state index contributed by atoms with van der Waals surface area (Å²) in [6.07, 6.45) is 3.95. The molecule has 0 aliphatic rings. The van der Waals surface area contributed by atoms with Crippen LogP contribution in [0.25, 0.3) is 0 Å². The fraction of sp³-hybridized carbons (Fsp3) is 0.273. The first kappa shape index (κ1) is 12.3. The Hall–Kier alpha value is 0.179. The molecule has 0 spiro atoms. The Morgan fingerprint density at radius 2 is 1.93 bits per heavy atom. The van der Waals surface area contributed by atoms with Gasteiger partial charge >= 0.3 is 101 Å². The van der Waals surface area contributed by atoms with Crippen LogP contribution in [0.2, 0.25) is 0 Å². The van der Waals surface area contributed by atoms with E-state index in [1.54, 1.807) is 4.44 Å². The fourth-order valence-electron chi connectivity index (χ4n) is 0.949. The van der Waals surface area contributed by atoms with E-state index in [-0.39, 0.29) is 0 Å². The molecule has 0 aromatic carbocycles. The summed E-state index contributed by atoms with van der Waals surface area (Å²) in [6, 6.07) is 4.43. The van der Waals surface area contributed by atoms with Gasteiger partial charge in [-0.3, -0.25) is 0 Å². The van der Waals surface area contributed by atoms with Crippen molar-refractivity contribution in [3.8, 4) is 0 Å². The molecule has 0 aliphatic heterocycles. The Morgan fingerprint density at radius 1 is 1.29 bits per heavy atom. The molecule has 1 aromatic rings. The zero-order valence-corrected chi connectivity index (χ0v) is 11.4. The van der Waals surface area contributed by atoms with Crippen molar-refractivity contribution in [2.45, 2.75) is 4.58 Å². The molecule has 0 saturated heterocycles. The van der Waals surface area contributed by atoms with Crippen molar-refractivity contribution in [3.05, 3.63) is 46.8 Å². The maximum atomic E-state index is 3.76. The molecular formula is C11H14S2Se. The van der Waals surface area contributed by atoms with Crippen molar-refractivity contribution in [2.24, 2.45) is 0 Å². The van der Waals surface area contributed by atoms with E-state index in [4.69, 9.17) is 0 Å². The van der Waals surface area contributed by atoms with Crippen LogP contribution in [-0.4, -0.2) is 26.0 Å². The van der Waals surface area contributed by atoms with Gasteiger partial charge in [0.15, 0.2) is 0 Å². The van der Waals surface area contributed by atoms with Gasteiger partial charge in [-0.1, -0.05) is 0 Å². The average molecular weight is 289 g/mol. The van der Waals surface area contributed by atoms with Gasteiger partial charge < -0.3 is 0 Å². The van der Waals surface area contributed by atoms with Gasteiger partial charge in [0, 0.05) is 0 Å². The molecule has 1 aromatic heterocycles. The summed E-state index contributed by atoms with van der Waals surface area (Å²) >= 11 is 4.50. The summed E-state index contributed by atoms with van der Waals surface area (Å²) in [6.45, 7) is 7.52. The predicted octanol–water partition coefficient (Wildman–Crippen LogP) is 3.58. The summed E-state index contributed by atoms with van der Waals surface area (Å²) in [4.78, 5) is 2.28. The van der Waals surface area contributed by atoms with Crippen LogP contribution in [0.5, 0.6) is 0 Å². The van der Waals surface area contributed by atoms with E-state index in [1.807, 2.05) is 35.7 Å². The molecule has 1 heterocycles. The molecule has 0 amide bonds. The van der Waals surface area contributed by atoms with E-state index in [0.717, 1.165) is 11.5 Å². The van der Waals surface area contributed by atoms with Crippen LogP contribution in [0.15, 0.2) is 42.4 Å². The molecule has 0 nitrogen and oxygen atoms in total. The average Bonchev–Trinajstić information content (AvgIpc) is 2.71. The van der Waals surface area contributed by atoms with Gasteiger partial charge in [0.1, 0.15) is 0 Å². The molecule has 0 atom stereocenters. The zero-order chi connectivity index (χ0) is 10.2. The van der Waals surface area contributed by atoms with Crippen molar-refractivity contribution in [3.63, 3.8) is 0 Å². The van der Waals surface area contributed by atoms with Crippen molar-refractivity contribution < 1.29 is 0 Å². The number of hydrogen-bond donors (Lipinski definition) is 0. The van der Waals surface area contributed by atoms with Crippen molar-refractivity contribution in [2.75, 3.05) is 11.5 Å². The summed E-state index contributed by atoms with van der Waals surface area (Å²) in [5.41, 5.74) is 0. The Balaban J connectivity index is 2.52. The number of thioether (sulfide) groups is 2. The monoisotopic (exact) mass is 290 g/mol. The molecule has 0 unspecified atom stereocenters. The second-order valence-corrected chi connectivity index (χ2v) is 7.22. The summed E-state index contributed by atoms with van der Waals surface area (Å²) in [5.74, 6) is 2.06. The van der Waals surface area contributed by atoms with Crippen molar-refractivity contribution >= 4 is 38.0 Å². The second kappa shape index (κ2) is 7.47. The van der Waals surface area contributed by atoms with Gasteiger partial charge in [-0.15, -0.1) is 0 Å². The minimum atomic E-state index is 0.576. The van der Waals surface area contributed by atoms with E-state index in [1.165, 1.54) is 0 Å². The first-order valence-electron chi connectivity index (χ1n) is 4.37. The molecule has 76 valence electrons. The van der Waals surface area contributed by atoms with E-state index < -0.39 is 0 Å². The molecule has 14 heavy (non-hydrogen) atoms. The van der Waals surface area contributed by atoms with E-state index >= 15 is 0 Å². The van der Waals surface area contributed by atoms with Crippen LogP contribution >= 0.6 is 23.5 Å². The SMILES string of the molecule is C=CCSC(SCC=C)c1ccc[se]1. The molecule has 0 N–H and O–H groups in total. The quantitative estimate of drug-likeness (QED) is 0.427.